The molecule has 25 heavy (non-hydrogen) atoms. The van der Waals surface area contributed by atoms with Crippen LogP contribution in [0.2, 0.25) is 10.3 Å². The van der Waals surface area contributed by atoms with Crippen molar-refractivity contribution < 1.29 is 13.2 Å². The van der Waals surface area contributed by atoms with Crippen molar-refractivity contribution in [2.75, 3.05) is 24.7 Å². The standard InChI is InChI=1S/C16H17Cl2N3O3S/c1-11-9-24-7-6-21(11)15-8-13(19-16(18)20-15)10-25(22,23)14-4-2-12(17)3-5-14/h2-5,8,11H,6-7,9-10H2,1H3/t11-/m0/s1. The van der Waals surface area contributed by atoms with Crippen molar-refractivity contribution in [2.45, 2.75) is 23.6 Å². The maximum absolute atomic E-state index is 12.6. The third-order valence-corrected chi connectivity index (χ3v) is 6.00. The molecule has 2 heterocycles. The fourth-order valence-corrected chi connectivity index (χ4v) is 4.24. The van der Waals surface area contributed by atoms with Gasteiger partial charge in [0.25, 0.3) is 0 Å². The second kappa shape index (κ2) is 7.45. The average molecular weight is 402 g/mol. The summed E-state index contributed by atoms with van der Waals surface area (Å²) in [7, 11) is -3.56. The number of hydrogen-bond donors (Lipinski definition) is 0. The summed E-state index contributed by atoms with van der Waals surface area (Å²) in [4.78, 5) is 10.5. The Balaban J connectivity index is 1.88. The average Bonchev–Trinajstić information content (AvgIpc) is 2.54. The number of halogens is 2. The molecule has 1 aliphatic rings. The van der Waals surface area contributed by atoms with Crippen molar-refractivity contribution in [1.29, 1.82) is 0 Å². The molecule has 1 fully saturated rings. The first kappa shape index (κ1) is 18.4. The largest absolute Gasteiger partial charge is 0.377 e. The lowest BCUT2D eigenvalue weighted by atomic mass is 10.2. The van der Waals surface area contributed by atoms with E-state index in [-0.39, 0.29) is 22.0 Å². The monoisotopic (exact) mass is 401 g/mol. The lowest BCUT2D eigenvalue weighted by molar-refractivity contribution is 0.0985. The van der Waals surface area contributed by atoms with Crippen LogP contribution in [0, 0.1) is 0 Å². The molecule has 9 heteroatoms. The summed E-state index contributed by atoms with van der Waals surface area (Å²) in [6.07, 6.45) is 0. The molecule has 0 N–H and O–H groups in total. The van der Waals surface area contributed by atoms with E-state index in [9.17, 15) is 8.42 Å². The zero-order valence-electron chi connectivity index (χ0n) is 13.5. The summed E-state index contributed by atoms with van der Waals surface area (Å²) < 4.78 is 30.6. The minimum Gasteiger partial charge on any atom is -0.377 e. The summed E-state index contributed by atoms with van der Waals surface area (Å²) in [6.45, 7) is 3.85. The van der Waals surface area contributed by atoms with Gasteiger partial charge in [-0.15, -0.1) is 0 Å². The lowest BCUT2D eigenvalue weighted by Crippen LogP contribution is -2.44. The highest BCUT2D eigenvalue weighted by Gasteiger charge is 2.23. The normalized spacial score (nSPS) is 18.4. The molecule has 0 spiro atoms. The predicted octanol–water partition coefficient (Wildman–Crippen LogP) is 2.98. The van der Waals surface area contributed by atoms with Crippen LogP contribution < -0.4 is 4.90 Å². The van der Waals surface area contributed by atoms with E-state index < -0.39 is 9.84 Å². The van der Waals surface area contributed by atoms with Gasteiger partial charge in [0.15, 0.2) is 9.84 Å². The summed E-state index contributed by atoms with van der Waals surface area (Å²) in [6, 6.07) is 7.84. The first-order chi connectivity index (χ1) is 11.8. The topological polar surface area (TPSA) is 72.4 Å². The third kappa shape index (κ3) is 4.41. The Bertz CT molecular complexity index is 859. The summed E-state index contributed by atoms with van der Waals surface area (Å²) in [5.74, 6) is 0.347. The van der Waals surface area contributed by atoms with Gasteiger partial charge in [-0.3, -0.25) is 0 Å². The number of morpholine rings is 1. The van der Waals surface area contributed by atoms with Gasteiger partial charge in [0.2, 0.25) is 5.28 Å². The van der Waals surface area contributed by atoms with E-state index in [1.54, 1.807) is 18.2 Å². The number of nitrogens with zero attached hydrogens (tertiary/aromatic N) is 3. The molecule has 0 aliphatic carbocycles. The number of anilines is 1. The first-order valence-corrected chi connectivity index (χ1v) is 10.1. The predicted molar refractivity (Wildman–Crippen MR) is 97.0 cm³/mol. The molecule has 2 aromatic rings. The van der Waals surface area contributed by atoms with E-state index in [1.807, 2.05) is 11.8 Å². The van der Waals surface area contributed by atoms with Crippen LogP contribution >= 0.6 is 23.2 Å². The maximum atomic E-state index is 12.6. The number of sulfone groups is 1. The molecule has 1 aromatic carbocycles. The Morgan fingerprint density at radius 1 is 1.24 bits per heavy atom. The Kier molecular flexibility index (Phi) is 5.48. The highest BCUT2D eigenvalue weighted by molar-refractivity contribution is 7.90. The zero-order valence-corrected chi connectivity index (χ0v) is 15.9. The van der Waals surface area contributed by atoms with Crippen molar-refractivity contribution in [1.82, 2.24) is 9.97 Å². The van der Waals surface area contributed by atoms with E-state index >= 15 is 0 Å². The van der Waals surface area contributed by atoms with Crippen molar-refractivity contribution in [3.05, 3.63) is 46.3 Å². The quantitative estimate of drug-likeness (QED) is 0.733. The van der Waals surface area contributed by atoms with E-state index in [0.717, 1.165) is 0 Å². The maximum Gasteiger partial charge on any atom is 0.224 e. The van der Waals surface area contributed by atoms with E-state index in [4.69, 9.17) is 27.9 Å². The van der Waals surface area contributed by atoms with Crippen molar-refractivity contribution >= 4 is 38.9 Å². The fraction of sp³-hybridized carbons (Fsp3) is 0.375. The fourth-order valence-electron chi connectivity index (χ4n) is 2.66. The highest BCUT2D eigenvalue weighted by Crippen LogP contribution is 2.23. The number of aromatic nitrogens is 2. The van der Waals surface area contributed by atoms with Gasteiger partial charge in [0, 0.05) is 17.6 Å². The van der Waals surface area contributed by atoms with Gasteiger partial charge in [-0.2, -0.15) is 0 Å². The Morgan fingerprint density at radius 3 is 2.64 bits per heavy atom. The van der Waals surface area contributed by atoms with E-state index in [0.29, 0.717) is 36.3 Å². The summed E-state index contributed by atoms with van der Waals surface area (Å²) >= 11 is 11.8. The van der Waals surface area contributed by atoms with Crippen LogP contribution in [0.3, 0.4) is 0 Å². The van der Waals surface area contributed by atoms with Crippen LogP contribution in [-0.2, 0) is 20.3 Å². The second-order valence-electron chi connectivity index (χ2n) is 5.82. The highest BCUT2D eigenvalue weighted by atomic mass is 35.5. The number of benzene rings is 1. The molecule has 1 aliphatic heterocycles. The molecular formula is C16H17Cl2N3O3S. The first-order valence-electron chi connectivity index (χ1n) is 7.71. The number of rotatable bonds is 4. The van der Waals surface area contributed by atoms with Crippen LogP contribution in [0.15, 0.2) is 35.2 Å². The van der Waals surface area contributed by atoms with Gasteiger partial charge in [0.05, 0.1) is 35.6 Å². The van der Waals surface area contributed by atoms with Gasteiger partial charge in [0.1, 0.15) is 5.82 Å². The summed E-state index contributed by atoms with van der Waals surface area (Å²) in [5, 5.41) is 0.505. The van der Waals surface area contributed by atoms with Gasteiger partial charge in [-0.25, -0.2) is 18.4 Å². The van der Waals surface area contributed by atoms with Crippen LogP contribution in [-0.4, -0.2) is 44.2 Å². The van der Waals surface area contributed by atoms with Crippen LogP contribution in [0.25, 0.3) is 0 Å². The minimum atomic E-state index is -3.56. The van der Waals surface area contributed by atoms with Crippen molar-refractivity contribution in [2.24, 2.45) is 0 Å². The van der Waals surface area contributed by atoms with Crippen LogP contribution in [0.5, 0.6) is 0 Å². The van der Waals surface area contributed by atoms with Crippen LogP contribution in [0.4, 0.5) is 5.82 Å². The Morgan fingerprint density at radius 2 is 1.96 bits per heavy atom. The lowest BCUT2D eigenvalue weighted by Gasteiger charge is -2.34. The van der Waals surface area contributed by atoms with Gasteiger partial charge >= 0.3 is 0 Å². The Hall–Kier alpha value is -1.41. The molecule has 0 unspecified atom stereocenters. The third-order valence-electron chi connectivity index (χ3n) is 3.91. The smallest absolute Gasteiger partial charge is 0.224 e. The molecule has 0 bridgehead atoms. The molecule has 1 aromatic heterocycles. The molecule has 6 nitrogen and oxygen atoms in total. The molecule has 0 saturated carbocycles. The van der Waals surface area contributed by atoms with Crippen molar-refractivity contribution in [3.8, 4) is 0 Å². The van der Waals surface area contributed by atoms with Crippen LogP contribution in [0.1, 0.15) is 12.6 Å². The molecule has 0 radical (unpaired) electrons. The molecule has 134 valence electrons. The SMILES string of the molecule is C[C@H]1COCCN1c1cc(CS(=O)(=O)c2ccc(Cl)cc2)nc(Cl)n1. The minimum absolute atomic E-state index is 0.0255. The number of ether oxygens (including phenoxy) is 1. The summed E-state index contributed by atoms with van der Waals surface area (Å²) in [5.41, 5.74) is 0.351. The van der Waals surface area contributed by atoms with Crippen molar-refractivity contribution in [3.63, 3.8) is 0 Å². The number of hydrogen-bond acceptors (Lipinski definition) is 6. The van der Waals surface area contributed by atoms with Gasteiger partial charge in [-0.1, -0.05) is 11.6 Å². The second-order valence-corrected chi connectivity index (χ2v) is 8.58. The molecule has 0 amide bonds. The Labute approximate surface area is 156 Å². The molecular weight excluding hydrogens is 385 g/mol. The van der Waals surface area contributed by atoms with Gasteiger partial charge < -0.3 is 9.64 Å². The van der Waals surface area contributed by atoms with E-state index in [1.165, 1.54) is 12.1 Å². The van der Waals surface area contributed by atoms with E-state index in [2.05, 4.69) is 9.97 Å². The zero-order chi connectivity index (χ0) is 18.0. The molecule has 3 rings (SSSR count). The van der Waals surface area contributed by atoms with Gasteiger partial charge in [-0.05, 0) is 42.8 Å². The molecule has 1 atom stereocenters. The molecule has 1 saturated heterocycles.